The summed E-state index contributed by atoms with van der Waals surface area (Å²) in [6.45, 7) is 5.15. The first-order valence-electron chi connectivity index (χ1n) is 6.89. The lowest BCUT2D eigenvalue weighted by molar-refractivity contribution is 0.476. The van der Waals surface area contributed by atoms with Crippen LogP contribution in [0.5, 0.6) is 0 Å². The summed E-state index contributed by atoms with van der Waals surface area (Å²) in [5.41, 5.74) is 6.48. The summed E-state index contributed by atoms with van der Waals surface area (Å²) in [5.74, 6) is 0.414. The van der Waals surface area contributed by atoms with Gasteiger partial charge in [-0.1, -0.05) is 13.3 Å². The van der Waals surface area contributed by atoms with Crippen LogP contribution in [0.2, 0.25) is 0 Å². The molecular formula is C13H23N3O2S. The molecular weight excluding hydrogens is 262 g/mol. The van der Waals surface area contributed by atoms with Crippen LogP contribution in [-0.4, -0.2) is 19.0 Å². The van der Waals surface area contributed by atoms with Gasteiger partial charge in [0.2, 0.25) is 10.0 Å². The van der Waals surface area contributed by atoms with Gasteiger partial charge in [-0.25, -0.2) is 13.1 Å². The van der Waals surface area contributed by atoms with Gasteiger partial charge in [0.15, 0.2) is 0 Å². The Kier molecular flexibility index (Phi) is 4.32. The van der Waals surface area contributed by atoms with E-state index < -0.39 is 10.0 Å². The largest absolute Gasteiger partial charge is 0.349 e. The van der Waals surface area contributed by atoms with Crippen molar-refractivity contribution in [2.24, 2.45) is 11.7 Å². The molecule has 108 valence electrons. The number of hydrogen-bond acceptors (Lipinski definition) is 3. The molecule has 1 fully saturated rings. The Morgan fingerprint density at radius 3 is 2.68 bits per heavy atom. The van der Waals surface area contributed by atoms with E-state index in [1.165, 1.54) is 0 Å². The number of nitrogens with one attached hydrogen (secondary N) is 1. The number of rotatable bonds is 5. The number of nitrogens with zero attached hydrogens (tertiary/aromatic N) is 1. The van der Waals surface area contributed by atoms with Crippen molar-refractivity contribution < 1.29 is 8.42 Å². The van der Waals surface area contributed by atoms with Crippen LogP contribution in [0.1, 0.15) is 38.8 Å². The first kappa shape index (κ1) is 14.6. The molecule has 1 aromatic heterocycles. The maximum atomic E-state index is 12.4. The molecule has 0 spiro atoms. The van der Waals surface area contributed by atoms with Crippen LogP contribution in [0.3, 0.4) is 0 Å². The van der Waals surface area contributed by atoms with Gasteiger partial charge in [-0.05, 0) is 31.7 Å². The van der Waals surface area contributed by atoms with Crippen LogP contribution in [0.4, 0.5) is 0 Å². The second-order valence-electron chi connectivity index (χ2n) is 5.29. The average Bonchev–Trinajstić information content (AvgIpc) is 2.96. The fraction of sp³-hybridized carbons (Fsp3) is 0.692. The summed E-state index contributed by atoms with van der Waals surface area (Å²) in [6, 6.07) is 1.74. The van der Waals surface area contributed by atoms with Crippen LogP contribution in [0.25, 0.3) is 0 Å². The van der Waals surface area contributed by atoms with E-state index in [9.17, 15) is 8.42 Å². The van der Waals surface area contributed by atoms with Gasteiger partial charge in [-0.2, -0.15) is 0 Å². The third-order valence-corrected chi connectivity index (χ3v) is 5.45. The minimum Gasteiger partial charge on any atom is -0.349 e. The van der Waals surface area contributed by atoms with Crippen molar-refractivity contribution in [2.45, 2.75) is 57.1 Å². The van der Waals surface area contributed by atoms with Crippen LogP contribution >= 0.6 is 0 Å². The Bertz CT molecular complexity index is 515. The van der Waals surface area contributed by atoms with E-state index in [0.717, 1.165) is 31.5 Å². The predicted molar refractivity (Wildman–Crippen MR) is 75.1 cm³/mol. The van der Waals surface area contributed by atoms with Gasteiger partial charge in [-0.3, -0.25) is 0 Å². The molecule has 1 aliphatic rings. The summed E-state index contributed by atoms with van der Waals surface area (Å²) in [5, 5.41) is 0. The van der Waals surface area contributed by atoms with Crippen molar-refractivity contribution >= 4 is 10.0 Å². The Hall–Kier alpha value is -0.850. The zero-order chi connectivity index (χ0) is 14.0. The lowest BCUT2D eigenvalue weighted by atomic mass is 10.1. The summed E-state index contributed by atoms with van der Waals surface area (Å²) in [6.07, 6.45) is 4.79. The molecule has 5 nitrogen and oxygen atoms in total. The van der Waals surface area contributed by atoms with E-state index >= 15 is 0 Å². The maximum absolute atomic E-state index is 12.4. The van der Waals surface area contributed by atoms with Crippen LogP contribution < -0.4 is 10.5 Å². The molecule has 3 N–H and O–H groups in total. The van der Waals surface area contributed by atoms with Crippen molar-refractivity contribution in [1.82, 2.24) is 9.29 Å². The van der Waals surface area contributed by atoms with E-state index in [1.54, 1.807) is 12.3 Å². The van der Waals surface area contributed by atoms with E-state index in [2.05, 4.69) is 11.6 Å². The molecule has 1 aromatic rings. The SMILES string of the molecule is CCn1cc(S(=O)(=O)NC2CCCC2C)cc1CN. The Balaban J connectivity index is 2.21. The van der Waals surface area contributed by atoms with E-state index in [4.69, 9.17) is 5.73 Å². The van der Waals surface area contributed by atoms with Gasteiger partial charge in [0, 0.05) is 31.0 Å². The Morgan fingerprint density at radius 1 is 1.47 bits per heavy atom. The van der Waals surface area contributed by atoms with Gasteiger partial charge >= 0.3 is 0 Å². The van der Waals surface area contributed by atoms with Gasteiger partial charge in [0.1, 0.15) is 0 Å². The number of hydrogen-bond donors (Lipinski definition) is 2. The molecule has 0 radical (unpaired) electrons. The van der Waals surface area contributed by atoms with E-state index in [0.29, 0.717) is 17.4 Å². The predicted octanol–water partition coefficient (Wildman–Crippen LogP) is 1.43. The van der Waals surface area contributed by atoms with Crippen molar-refractivity contribution in [3.05, 3.63) is 18.0 Å². The molecule has 19 heavy (non-hydrogen) atoms. The lowest BCUT2D eigenvalue weighted by Gasteiger charge is -2.16. The monoisotopic (exact) mass is 285 g/mol. The normalized spacial score (nSPS) is 23.9. The topological polar surface area (TPSA) is 77.1 Å². The highest BCUT2D eigenvalue weighted by atomic mass is 32.2. The molecule has 1 aliphatic carbocycles. The van der Waals surface area contributed by atoms with E-state index in [-0.39, 0.29) is 6.04 Å². The Labute approximate surface area is 115 Å². The fourth-order valence-electron chi connectivity index (χ4n) is 2.73. The van der Waals surface area contributed by atoms with E-state index in [1.807, 2.05) is 11.5 Å². The molecule has 2 unspecified atom stereocenters. The third kappa shape index (κ3) is 3.01. The van der Waals surface area contributed by atoms with Crippen molar-refractivity contribution in [3.8, 4) is 0 Å². The zero-order valence-electron chi connectivity index (χ0n) is 11.6. The second kappa shape index (κ2) is 5.64. The summed E-state index contributed by atoms with van der Waals surface area (Å²) in [7, 11) is -3.42. The molecule has 0 aliphatic heterocycles. The second-order valence-corrected chi connectivity index (χ2v) is 7.01. The smallest absolute Gasteiger partial charge is 0.242 e. The highest BCUT2D eigenvalue weighted by Crippen LogP contribution is 2.26. The van der Waals surface area contributed by atoms with Crippen molar-refractivity contribution in [2.75, 3.05) is 0 Å². The standard InChI is InChI=1S/C13H23N3O2S/c1-3-16-9-12(7-11(16)8-14)19(17,18)15-13-6-4-5-10(13)2/h7,9-10,13,15H,3-6,8,14H2,1-2H3. The highest BCUT2D eigenvalue weighted by Gasteiger charge is 2.29. The molecule has 0 aromatic carbocycles. The molecule has 2 atom stereocenters. The van der Waals surface area contributed by atoms with Gasteiger partial charge in [0.05, 0.1) is 4.90 Å². The lowest BCUT2D eigenvalue weighted by Crippen LogP contribution is -2.36. The van der Waals surface area contributed by atoms with Crippen molar-refractivity contribution in [1.29, 1.82) is 0 Å². The van der Waals surface area contributed by atoms with Gasteiger partial charge in [-0.15, -0.1) is 0 Å². The van der Waals surface area contributed by atoms with Crippen molar-refractivity contribution in [3.63, 3.8) is 0 Å². The highest BCUT2D eigenvalue weighted by molar-refractivity contribution is 7.89. The molecule has 1 saturated carbocycles. The number of nitrogens with two attached hydrogens (primary N) is 1. The zero-order valence-corrected chi connectivity index (χ0v) is 12.4. The number of sulfonamides is 1. The number of aromatic nitrogens is 1. The maximum Gasteiger partial charge on any atom is 0.242 e. The minimum absolute atomic E-state index is 0.0660. The van der Waals surface area contributed by atoms with Gasteiger partial charge < -0.3 is 10.3 Å². The molecule has 6 heteroatoms. The quantitative estimate of drug-likeness (QED) is 0.859. The van der Waals surface area contributed by atoms with Crippen LogP contribution in [0, 0.1) is 5.92 Å². The van der Waals surface area contributed by atoms with Gasteiger partial charge in [0.25, 0.3) is 0 Å². The molecule has 0 bridgehead atoms. The summed E-state index contributed by atoms with van der Waals surface area (Å²) < 4.78 is 29.4. The number of aryl methyl sites for hydroxylation is 1. The molecule has 1 heterocycles. The molecule has 0 saturated heterocycles. The van der Waals surface area contributed by atoms with Crippen LogP contribution in [0.15, 0.2) is 17.2 Å². The summed E-state index contributed by atoms with van der Waals surface area (Å²) in [4.78, 5) is 0.328. The van der Waals surface area contributed by atoms with Crippen LogP contribution in [-0.2, 0) is 23.1 Å². The first-order valence-corrected chi connectivity index (χ1v) is 8.37. The third-order valence-electron chi connectivity index (χ3n) is 3.99. The minimum atomic E-state index is -3.42. The molecule has 0 amide bonds. The molecule has 2 rings (SSSR count). The Morgan fingerprint density at radius 2 is 2.21 bits per heavy atom. The average molecular weight is 285 g/mol. The fourth-order valence-corrected chi connectivity index (χ4v) is 4.17. The summed E-state index contributed by atoms with van der Waals surface area (Å²) >= 11 is 0. The first-order chi connectivity index (χ1) is 8.97.